The van der Waals surface area contributed by atoms with Crippen molar-refractivity contribution >= 4 is 28.7 Å². The minimum atomic E-state index is -0.782. The number of anilines is 2. The molecule has 2 aliphatic rings. The fourth-order valence-corrected chi connectivity index (χ4v) is 5.17. The minimum absolute atomic E-state index is 0.0798. The highest BCUT2D eigenvalue weighted by atomic mass is 19.1. The van der Waals surface area contributed by atoms with Crippen LogP contribution in [0.25, 0.3) is 0 Å². The maximum absolute atomic E-state index is 13.3. The van der Waals surface area contributed by atoms with Crippen LogP contribution in [-0.4, -0.2) is 53.0 Å². The smallest absolute Gasteiger partial charge is 0.303 e. The number of piperazine rings is 1. The number of carboxylic acids is 1. The third-order valence-electron chi connectivity index (χ3n) is 7.28. The third-order valence-corrected chi connectivity index (χ3v) is 7.28. The lowest BCUT2D eigenvalue weighted by molar-refractivity contribution is -0.137. The molecule has 0 amide bonds. The number of aliphatic imine (C=N–C) groups is 1. The van der Waals surface area contributed by atoms with E-state index in [0.29, 0.717) is 25.9 Å². The predicted octanol–water partition coefficient (Wildman–Crippen LogP) is 5.52. The van der Waals surface area contributed by atoms with Crippen LogP contribution in [0.5, 0.6) is 0 Å². The Hall–Kier alpha value is -3.75. The van der Waals surface area contributed by atoms with Gasteiger partial charge in [0.25, 0.3) is 0 Å². The average molecular weight is 517 g/mol. The first kappa shape index (κ1) is 25.9. The summed E-state index contributed by atoms with van der Waals surface area (Å²) >= 11 is 0. The molecule has 3 aromatic carbocycles. The van der Waals surface area contributed by atoms with Crippen molar-refractivity contribution in [2.75, 3.05) is 36.4 Å². The van der Waals surface area contributed by atoms with Gasteiger partial charge in [0.05, 0.1) is 17.4 Å². The van der Waals surface area contributed by atoms with Crippen molar-refractivity contribution in [2.45, 2.75) is 38.0 Å². The molecular formula is C30H33FN4O3. The fourth-order valence-electron chi connectivity index (χ4n) is 5.17. The molecule has 2 heterocycles. The fraction of sp³-hybridized carbons (Fsp3) is 0.333. The largest absolute Gasteiger partial charge is 0.481 e. The Morgan fingerprint density at radius 1 is 1.00 bits per heavy atom. The molecule has 0 spiro atoms. The summed E-state index contributed by atoms with van der Waals surface area (Å²) in [5, 5.41) is 23.8. The number of unbranched alkanes of at least 4 members (excludes halogenated alkanes) is 1. The van der Waals surface area contributed by atoms with Crippen LogP contribution in [0.15, 0.2) is 77.8 Å². The monoisotopic (exact) mass is 516 g/mol. The van der Waals surface area contributed by atoms with E-state index in [1.165, 1.54) is 12.1 Å². The van der Waals surface area contributed by atoms with Crippen LogP contribution in [0.1, 0.15) is 49.1 Å². The number of benzene rings is 3. The van der Waals surface area contributed by atoms with E-state index in [1.807, 2.05) is 41.3 Å². The van der Waals surface area contributed by atoms with Gasteiger partial charge >= 0.3 is 5.97 Å². The van der Waals surface area contributed by atoms with Crippen molar-refractivity contribution in [3.8, 4) is 0 Å². The molecule has 2 atom stereocenters. The molecule has 7 nitrogen and oxygen atoms in total. The van der Waals surface area contributed by atoms with Gasteiger partial charge in [-0.25, -0.2) is 4.39 Å². The number of nitrogens with zero attached hydrogens (tertiary/aromatic N) is 3. The summed E-state index contributed by atoms with van der Waals surface area (Å²) in [7, 11) is 0. The van der Waals surface area contributed by atoms with Gasteiger partial charge < -0.3 is 20.4 Å². The Morgan fingerprint density at radius 2 is 1.74 bits per heavy atom. The lowest BCUT2D eigenvalue weighted by Gasteiger charge is -2.38. The number of hydrogen-bond acceptors (Lipinski definition) is 6. The second kappa shape index (κ2) is 11.8. The maximum atomic E-state index is 13.3. The van der Waals surface area contributed by atoms with Crippen LogP contribution in [-0.2, 0) is 4.79 Å². The molecular weight excluding hydrogens is 483 g/mol. The second-order valence-electron chi connectivity index (χ2n) is 9.84. The zero-order valence-corrected chi connectivity index (χ0v) is 21.3. The van der Waals surface area contributed by atoms with Gasteiger partial charge in [0.15, 0.2) is 0 Å². The predicted molar refractivity (Wildman–Crippen MR) is 148 cm³/mol. The van der Waals surface area contributed by atoms with Crippen molar-refractivity contribution in [3.63, 3.8) is 0 Å². The van der Waals surface area contributed by atoms with Crippen LogP contribution >= 0.6 is 0 Å². The molecule has 38 heavy (non-hydrogen) atoms. The Balaban J connectivity index is 1.30. The first-order valence-electron chi connectivity index (χ1n) is 13.2. The topological polar surface area (TPSA) is 88.4 Å². The molecule has 0 bridgehead atoms. The summed E-state index contributed by atoms with van der Waals surface area (Å²) in [6.07, 6.45) is 1.43. The molecule has 2 unspecified atom stereocenters. The lowest BCUT2D eigenvalue weighted by Crippen LogP contribution is -2.47. The van der Waals surface area contributed by atoms with E-state index in [2.05, 4.69) is 22.3 Å². The van der Waals surface area contributed by atoms with Gasteiger partial charge in [0.2, 0.25) is 0 Å². The molecule has 8 heteroatoms. The zero-order chi connectivity index (χ0) is 26.5. The number of halogens is 1. The number of nitrogens with one attached hydrogen (secondary N) is 1. The number of carbonyl (C=O) groups is 1. The Labute approximate surface area is 222 Å². The van der Waals surface area contributed by atoms with E-state index >= 15 is 0 Å². The molecule has 5 rings (SSSR count). The first-order chi connectivity index (χ1) is 18.5. The van der Waals surface area contributed by atoms with Crippen LogP contribution < -0.4 is 10.2 Å². The van der Waals surface area contributed by atoms with E-state index in [1.54, 1.807) is 12.1 Å². The number of aliphatic carboxylic acids is 1. The van der Waals surface area contributed by atoms with Gasteiger partial charge in [-0.3, -0.25) is 14.7 Å². The molecule has 0 radical (unpaired) electrons. The molecule has 198 valence electrons. The van der Waals surface area contributed by atoms with Crippen molar-refractivity contribution < 1.29 is 19.4 Å². The third kappa shape index (κ3) is 6.03. The number of carboxylic acid groups (broad SMARTS) is 1. The van der Waals surface area contributed by atoms with Crippen LogP contribution in [0.3, 0.4) is 0 Å². The highest BCUT2D eigenvalue weighted by Gasteiger charge is 2.27. The standard InChI is InChI=1S/C30H33FN4O3/c31-23-11-13-24(14-12-23)34-16-18-35(19-17-34)30(38)22-10-15-25-27(20-22)32-26(8-4-5-9-28(36)37)29(33-25)21-6-2-1-3-7-21/h1-3,6-7,10-15,20,29-30,33,38H,4-5,8-9,16-19H2,(H,36,37). The summed E-state index contributed by atoms with van der Waals surface area (Å²) in [4.78, 5) is 20.2. The highest BCUT2D eigenvalue weighted by Crippen LogP contribution is 2.38. The maximum Gasteiger partial charge on any atom is 0.303 e. The van der Waals surface area contributed by atoms with E-state index < -0.39 is 12.2 Å². The minimum Gasteiger partial charge on any atom is -0.481 e. The molecule has 3 aromatic rings. The van der Waals surface area contributed by atoms with Gasteiger partial charge in [-0.1, -0.05) is 36.4 Å². The van der Waals surface area contributed by atoms with E-state index in [4.69, 9.17) is 10.1 Å². The summed E-state index contributed by atoms with van der Waals surface area (Å²) < 4.78 is 13.3. The molecule has 3 N–H and O–H groups in total. The average Bonchev–Trinajstić information content (AvgIpc) is 2.95. The Kier molecular flexibility index (Phi) is 8.00. The van der Waals surface area contributed by atoms with Crippen LogP contribution in [0.2, 0.25) is 0 Å². The van der Waals surface area contributed by atoms with Gasteiger partial charge in [0, 0.05) is 44.0 Å². The first-order valence-corrected chi connectivity index (χ1v) is 13.2. The van der Waals surface area contributed by atoms with Crippen molar-refractivity contribution in [2.24, 2.45) is 4.99 Å². The zero-order valence-electron chi connectivity index (χ0n) is 21.3. The number of hydrogen-bond donors (Lipinski definition) is 3. The summed E-state index contributed by atoms with van der Waals surface area (Å²) in [6.45, 7) is 2.85. The summed E-state index contributed by atoms with van der Waals surface area (Å²) in [5.41, 5.74) is 5.54. The summed E-state index contributed by atoms with van der Waals surface area (Å²) in [5.74, 6) is -1.03. The normalized spacial score (nSPS) is 18.3. The molecule has 0 aromatic heterocycles. The highest BCUT2D eigenvalue weighted by molar-refractivity contribution is 5.99. The SMILES string of the molecule is O=C(O)CCCCC1=Nc2cc(C(O)N3CCN(c4ccc(F)cc4)CC3)ccc2NC1c1ccccc1. The number of rotatable bonds is 9. The van der Waals surface area contributed by atoms with Crippen molar-refractivity contribution in [1.29, 1.82) is 0 Å². The number of aliphatic hydroxyl groups is 1. The number of aliphatic hydroxyl groups excluding tert-OH is 1. The second-order valence-corrected chi connectivity index (χ2v) is 9.84. The molecule has 2 aliphatic heterocycles. The van der Waals surface area contributed by atoms with E-state index in [0.717, 1.165) is 53.4 Å². The van der Waals surface area contributed by atoms with E-state index in [-0.39, 0.29) is 18.3 Å². The van der Waals surface area contributed by atoms with Gasteiger partial charge in [-0.2, -0.15) is 0 Å². The quantitative estimate of drug-likeness (QED) is 0.325. The van der Waals surface area contributed by atoms with Crippen molar-refractivity contribution in [3.05, 3.63) is 89.7 Å². The van der Waals surface area contributed by atoms with Crippen LogP contribution in [0, 0.1) is 5.82 Å². The Morgan fingerprint density at radius 3 is 2.45 bits per heavy atom. The molecule has 1 fully saturated rings. The van der Waals surface area contributed by atoms with Gasteiger partial charge in [-0.15, -0.1) is 0 Å². The van der Waals surface area contributed by atoms with Gasteiger partial charge in [0.1, 0.15) is 12.0 Å². The molecule has 0 saturated carbocycles. The van der Waals surface area contributed by atoms with E-state index in [9.17, 15) is 14.3 Å². The van der Waals surface area contributed by atoms with Crippen molar-refractivity contribution in [1.82, 2.24) is 4.90 Å². The summed E-state index contributed by atoms with van der Waals surface area (Å²) in [6, 6.07) is 22.4. The Bertz CT molecular complexity index is 1270. The molecule has 0 aliphatic carbocycles. The lowest BCUT2D eigenvalue weighted by atomic mass is 9.95. The van der Waals surface area contributed by atoms with Crippen LogP contribution in [0.4, 0.5) is 21.5 Å². The van der Waals surface area contributed by atoms with Gasteiger partial charge in [-0.05, 0) is 66.8 Å². The number of fused-ring (bicyclic) bond motifs is 1. The molecule has 1 saturated heterocycles.